The van der Waals surface area contributed by atoms with Crippen molar-refractivity contribution in [2.24, 2.45) is 0 Å². The molecule has 1 aliphatic heterocycles. The topological polar surface area (TPSA) is 29.5 Å². The molecule has 0 radical (unpaired) electrons. The van der Waals surface area contributed by atoms with Crippen molar-refractivity contribution in [3.63, 3.8) is 0 Å². The van der Waals surface area contributed by atoms with Gasteiger partial charge in [0.25, 0.3) is 0 Å². The number of hydrogen-bond acceptors (Lipinski definition) is 2. The van der Waals surface area contributed by atoms with Crippen LogP contribution in [0.2, 0.25) is 0 Å². The molecule has 14 heavy (non-hydrogen) atoms. The Morgan fingerprint density at radius 2 is 2.29 bits per heavy atom. The Balaban J connectivity index is 2.37. The molecule has 0 aromatic heterocycles. The molecule has 2 heteroatoms. The molecular weight excluding hydrogens is 176 g/mol. The fourth-order valence-electron chi connectivity index (χ4n) is 1.68. The van der Waals surface area contributed by atoms with Crippen LogP contribution in [0.3, 0.4) is 0 Å². The number of benzene rings is 1. The zero-order chi connectivity index (χ0) is 10.0. The average molecular weight is 190 g/mol. The lowest BCUT2D eigenvalue weighted by Gasteiger charge is -2.28. The van der Waals surface area contributed by atoms with Crippen LogP contribution in [-0.4, -0.2) is 11.7 Å². The third-order valence-electron chi connectivity index (χ3n) is 2.56. The molecule has 1 unspecified atom stereocenters. The number of hydrogen-bond donors (Lipinski definition) is 1. The Labute approximate surface area is 83.8 Å². The minimum Gasteiger partial charge on any atom is -0.501 e. The van der Waals surface area contributed by atoms with Crippen LogP contribution in [0.5, 0.6) is 0 Å². The highest BCUT2D eigenvalue weighted by Gasteiger charge is 2.28. The first kappa shape index (κ1) is 9.28. The van der Waals surface area contributed by atoms with Gasteiger partial charge in [-0.3, -0.25) is 0 Å². The smallest absolute Gasteiger partial charge is 0.114 e. The molecule has 1 N–H and O–H groups in total. The highest BCUT2D eigenvalue weighted by atomic mass is 16.5. The van der Waals surface area contributed by atoms with Gasteiger partial charge in [-0.05, 0) is 18.6 Å². The van der Waals surface area contributed by atoms with Gasteiger partial charge in [0, 0.05) is 6.42 Å². The van der Waals surface area contributed by atoms with Gasteiger partial charge < -0.3 is 9.84 Å². The lowest BCUT2D eigenvalue weighted by molar-refractivity contribution is 0.0344. The van der Waals surface area contributed by atoms with Crippen LogP contribution < -0.4 is 0 Å². The molecule has 1 atom stereocenters. The van der Waals surface area contributed by atoms with Crippen molar-refractivity contribution in [1.82, 2.24) is 0 Å². The maximum Gasteiger partial charge on any atom is 0.114 e. The third kappa shape index (κ3) is 1.66. The summed E-state index contributed by atoms with van der Waals surface area (Å²) in [5.74, 6) is 0. The molecule has 0 saturated carbocycles. The average Bonchev–Trinajstić information content (AvgIpc) is 2.19. The zero-order valence-corrected chi connectivity index (χ0v) is 8.23. The maximum absolute atomic E-state index is 10.3. The summed E-state index contributed by atoms with van der Waals surface area (Å²) >= 11 is 0. The van der Waals surface area contributed by atoms with E-state index < -0.39 is 5.60 Å². The van der Waals surface area contributed by atoms with Crippen LogP contribution in [0.1, 0.15) is 17.5 Å². The number of aryl methyl sites for hydroxylation is 1. The monoisotopic (exact) mass is 190 g/mol. The fraction of sp³-hybridized carbons (Fsp3) is 0.333. The fourth-order valence-corrected chi connectivity index (χ4v) is 1.68. The summed E-state index contributed by atoms with van der Waals surface area (Å²) < 4.78 is 5.08. The Hall–Kier alpha value is -1.28. The van der Waals surface area contributed by atoms with Crippen molar-refractivity contribution in [2.75, 3.05) is 6.61 Å². The second kappa shape index (κ2) is 3.46. The molecule has 1 aromatic carbocycles. The van der Waals surface area contributed by atoms with E-state index in [-0.39, 0.29) is 0 Å². The molecule has 0 aliphatic carbocycles. The van der Waals surface area contributed by atoms with Gasteiger partial charge in [-0.1, -0.05) is 29.8 Å². The van der Waals surface area contributed by atoms with Crippen LogP contribution in [0.15, 0.2) is 36.6 Å². The first-order valence-electron chi connectivity index (χ1n) is 4.79. The predicted octanol–water partition coefficient (Wildman–Crippen LogP) is 2.12. The second-order valence-electron chi connectivity index (χ2n) is 3.72. The summed E-state index contributed by atoms with van der Waals surface area (Å²) in [5.41, 5.74) is 1.26. The number of rotatable bonds is 1. The first-order valence-corrected chi connectivity index (χ1v) is 4.79. The lowest BCUT2D eigenvalue weighted by atomic mass is 9.89. The third-order valence-corrected chi connectivity index (χ3v) is 2.56. The molecule has 0 spiro atoms. The van der Waals surface area contributed by atoms with E-state index in [0.717, 1.165) is 11.1 Å². The van der Waals surface area contributed by atoms with Crippen LogP contribution in [-0.2, 0) is 10.3 Å². The minimum atomic E-state index is -0.843. The quantitative estimate of drug-likeness (QED) is 0.735. The van der Waals surface area contributed by atoms with Gasteiger partial charge in [-0.25, -0.2) is 0 Å². The Bertz CT molecular complexity index is 357. The van der Waals surface area contributed by atoms with Gasteiger partial charge in [0.1, 0.15) is 5.60 Å². The normalized spacial score (nSPS) is 25.9. The second-order valence-corrected chi connectivity index (χ2v) is 3.72. The minimum absolute atomic E-state index is 0.570. The maximum atomic E-state index is 10.3. The van der Waals surface area contributed by atoms with Crippen LogP contribution >= 0.6 is 0 Å². The SMILES string of the molecule is Cc1cccc(C2(O)C=COCC2)c1. The predicted molar refractivity (Wildman–Crippen MR) is 54.8 cm³/mol. The van der Waals surface area contributed by atoms with Crippen LogP contribution in [0.25, 0.3) is 0 Å². The van der Waals surface area contributed by atoms with E-state index in [0.29, 0.717) is 13.0 Å². The van der Waals surface area contributed by atoms with E-state index >= 15 is 0 Å². The molecule has 2 rings (SSSR count). The molecule has 1 aromatic rings. The Morgan fingerprint density at radius 3 is 2.93 bits per heavy atom. The van der Waals surface area contributed by atoms with Gasteiger partial charge in [0.2, 0.25) is 0 Å². The van der Waals surface area contributed by atoms with E-state index in [1.54, 1.807) is 12.3 Å². The molecule has 0 amide bonds. The van der Waals surface area contributed by atoms with Crippen LogP contribution in [0.4, 0.5) is 0 Å². The van der Waals surface area contributed by atoms with Gasteiger partial charge in [-0.2, -0.15) is 0 Å². The Morgan fingerprint density at radius 1 is 1.43 bits per heavy atom. The molecule has 74 valence electrons. The van der Waals surface area contributed by atoms with Crippen molar-refractivity contribution in [3.05, 3.63) is 47.7 Å². The molecule has 2 nitrogen and oxygen atoms in total. The molecule has 0 fully saturated rings. The Kier molecular flexibility index (Phi) is 2.30. The van der Waals surface area contributed by atoms with E-state index in [4.69, 9.17) is 4.74 Å². The van der Waals surface area contributed by atoms with Crippen molar-refractivity contribution in [3.8, 4) is 0 Å². The summed E-state index contributed by atoms with van der Waals surface area (Å²) in [4.78, 5) is 0. The zero-order valence-electron chi connectivity index (χ0n) is 8.23. The summed E-state index contributed by atoms with van der Waals surface area (Å²) in [6, 6.07) is 7.94. The summed E-state index contributed by atoms with van der Waals surface area (Å²) in [7, 11) is 0. The highest BCUT2D eigenvalue weighted by Crippen LogP contribution is 2.29. The molecule has 1 heterocycles. The van der Waals surface area contributed by atoms with Gasteiger partial charge in [0.05, 0.1) is 12.9 Å². The largest absolute Gasteiger partial charge is 0.501 e. The standard InChI is InChI=1S/C12H14O2/c1-10-3-2-4-11(9-10)12(13)5-7-14-8-6-12/h2-5,7,9,13H,6,8H2,1H3. The summed E-state index contributed by atoms with van der Waals surface area (Å²) in [5, 5.41) is 10.3. The van der Waals surface area contributed by atoms with Crippen molar-refractivity contribution >= 4 is 0 Å². The number of ether oxygens (including phenoxy) is 1. The summed E-state index contributed by atoms with van der Waals surface area (Å²) in [6.45, 7) is 2.59. The molecule has 0 bridgehead atoms. The van der Waals surface area contributed by atoms with E-state index in [2.05, 4.69) is 0 Å². The first-order chi connectivity index (χ1) is 6.71. The van der Waals surface area contributed by atoms with Crippen molar-refractivity contribution in [2.45, 2.75) is 18.9 Å². The van der Waals surface area contributed by atoms with Gasteiger partial charge in [0.15, 0.2) is 0 Å². The van der Waals surface area contributed by atoms with Gasteiger partial charge >= 0.3 is 0 Å². The highest BCUT2D eigenvalue weighted by molar-refractivity contribution is 5.31. The van der Waals surface area contributed by atoms with Crippen molar-refractivity contribution < 1.29 is 9.84 Å². The molecular formula is C12H14O2. The summed E-state index contributed by atoms with van der Waals surface area (Å²) in [6.07, 6.45) is 3.91. The van der Waals surface area contributed by atoms with E-state index in [1.807, 2.05) is 31.2 Å². The van der Waals surface area contributed by atoms with Gasteiger partial charge in [-0.15, -0.1) is 0 Å². The lowest BCUT2D eigenvalue weighted by Crippen LogP contribution is -2.27. The van der Waals surface area contributed by atoms with E-state index in [9.17, 15) is 5.11 Å². The van der Waals surface area contributed by atoms with Crippen molar-refractivity contribution in [1.29, 1.82) is 0 Å². The van der Waals surface area contributed by atoms with E-state index in [1.165, 1.54) is 0 Å². The number of aliphatic hydroxyl groups is 1. The molecule has 1 aliphatic rings. The van der Waals surface area contributed by atoms with Crippen LogP contribution in [0, 0.1) is 6.92 Å². The molecule has 0 saturated heterocycles.